The minimum atomic E-state index is -0.687. The minimum Gasteiger partial charge on any atom is -0.360 e. The Hall–Kier alpha value is -2.34. The number of carbonyl (C=O) groups is 2. The van der Waals surface area contributed by atoms with Crippen LogP contribution in [0.2, 0.25) is 5.02 Å². The average molecular weight is 350 g/mol. The van der Waals surface area contributed by atoms with E-state index in [0.29, 0.717) is 28.6 Å². The summed E-state index contributed by atoms with van der Waals surface area (Å²) in [5, 5.41) is 9.60. The zero-order chi connectivity index (χ0) is 17.7. The lowest BCUT2D eigenvalue weighted by molar-refractivity contribution is -0.118. The minimum absolute atomic E-state index is 0.222. The van der Waals surface area contributed by atoms with Gasteiger partial charge in [-0.25, -0.2) is 0 Å². The lowest BCUT2D eigenvalue weighted by atomic mass is 10.0. The average Bonchev–Trinajstić information content (AvgIpc) is 2.91. The van der Waals surface area contributed by atoms with Gasteiger partial charge in [-0.2, -0.15) is 0 Å². The molecule has 0 aliphatic carbocycles. The van der Waals surface area contributed by atoms with Crippen molar-refractivity contribution in [2.75, 3.05) is 5.32 Å². The Morgan fingerprint density at radius 2 is 2.04 bits per heavy atom. The first kappa shape index (κ1) is 18.0. The number of benzene rings is 1. The van der Waals surface area contributed by atoms with E-state index in [2.05, 4.69) is 15.8 Å². The molecule has 0 saturated heterocycles. The van der Waals surface area contributed by atoms with Gasteiger partial charge in [0.25, 0.3) is 5.91 Å². The van der Waals surface area contributed by atoms with Crippen molar-refractivity contribution in [2.24, 2.45) is 5.92 Å². The molecular formula is C17H20ClN3O3. The molecule has 2 aromatic rings. The Balaban J connectivity index is 2.09. The highest BCUT2D eigenvalue weighted by atomic mass is 35.5. The Labute approximate surface area is 145 Å². The van der Waals surface area contributed by atoms with Crippen molar-refractivity contribution >= 4 is 29.2 Å². The zero-order valence-corrected chi connectivity index (χ0v) is 14.6. The Morgan fingerprint density at radius 1 is 1.29 bits per heavy atom. The molecule has 1 atom stereocenters. The third kappa shape index (κ3) is 5.09. The third-order valence-electron chi connectivity index (χ3n) is 3.29. The highest BCUT2D eigenvalue weighted by molar-refractivity contribution is 6.31. The summed E-state index contributed by atoms with van der Waals surface area (Å²) in [4.78, 5) is 24.8. The first-order valence-electron chi connectivity index (χ1n) is 7.65. The van der Waals surface area contributed by atoms with E-state index < -0.39 is 6.04 Å². The standard InChI is InChI=1S/C17H20ClN3O3/c1-10(2)7-14(17(23)20-15-8-11(3)24-21-15)19-16(22)12-5-4-6-13(18)9-12/h4-6,8-10,14H,7H2,1-3H3,(H,19,22)(H,20,21,23)/t14-/m0/s1. The lowest BCUT2D eigenvalue weighted by Gasteiger charge is -2.19. The second kappa shape index (κ2) is 7.97. The number of nitrogens with one attached hydrogen (secondary N) is 2. The van der Waals surface area contributed by atoms with E-state index >= 15 is 0 Å². The van der Waals surface area contributed by atoms with Crippen LogP contribution in [-0.4, -0.2) is 23.0 Å². The van der Waals surface area contributed by atoms with Crippen LogP contribution in [0.3, 0.4) is 0 Å². The van der Waals surface area contributed by atoms with Gasteiger partial charge in [0.05, 0.1) is 0 Å². The number of anilines is 1. The smallest absolute Gasteiger partial charge is 0.251 e. The molecule has 6 nitrogen and oxygen atoms in total. The van der Waals surface area contributed by atoms with E-state index in [4.69, 9.17) is 16.1 Å². The largest absolute Gasteiger partial charge is 0.360 e. The van der Waals surface area contributed by atoms with Crippen molar-refractivity contribution in [3.8, 4) is 0 Å². The van der Waals surface area contributed by atoms with Crippen molar-refractivity contribution < 1.29 is 14.1 Å². The molecule has 2 N–H and O–H groups in total. The van der Waals surface area contributed by atoms with Crippen LogP contribution in [0.1, 0.15) is 36.4 Å². The number of hydrogen-bond donors (Lipinski definition) is 2. The summed E-state index contributed by atoms with van der Waals surface area (Å²) in [5.41, 5.74) is 0.404. The predicted octanol–water partition coefficient (Wildman–Crippen LogP) is 3.42. The fourth-order valence-electron chi connectivity index (χ4n) is 2.21. The highest BCUT2D eigenvalue weighted by Gasteiger charge is 2.23. The Kier molecular flexibility index (Phi) is 5.98. The third-order valence-corrected chi connectivity index (χ3v) is 3.53. The normalized spacial score (nSPS) is 12.0. The van der Waals surface area contributed by atoms with Crippen LogP contribution in [0.15, 0.2) is 34.9 Å². The maximum absolute atomic E-state index is 12.5. The quantitative estimate of drug-likeness (QED) is 0.836. The molecule has 0 fully saturated rings. The van der Waals surface area contributed by atoms with Gasteiger partial charge in [0.1, 0.15) is 11.8 Å². The summed E-state index contributed by atoms with van der Waals surface area (Å²) in [7, 11) is 0. The van der Waals surface area contributed by atoms with Crippen molar-refractivity contribution in [3.05, 3.63) is 46.7 Å². The molecule has 1 aromatic heterocycles. The van der Waals surface area contributed by atoms with Crippen LogP contribution in [0.25, 0.3) is 0 Å². The monoisotopic (exact) mass is 349 g/mol. The van der Waals surface area contributed by atoms with Gasteiger partial charge in [0, 0.05) is 16.7 Å². The summed E-state index contributed by atoms with van der Waals surface area (Å²) < 4.78 is 4.92. The Bertz CT molecular complexity index is 727. The van der Waals surface area contributed by atoms with E-state index in [0.717, 1.165) is 0 Å². The maximum Gasteiger partial charge on any atom is 0.251 e. The molecule has 1 heterocycles. The van der Waals surface area contributed by atoms with E-state index in [9.17, 15) is 9.59 Å². The van der Waals surface area contributed by atoms with Gasteiger partial charge in [-0.05, 0) is 37.5 Å². The summed E-state index contributed by atoms with van der Waals surface area (Å²) in [5.74, 6) is 0.443. The Morgan fingerprint density at radius 3 is 2.62 bits per heavy atom. The summed E-state index contributed by atoms with van der Waals surface area (Å²) in [6.45, 7) is 5.69. The number of rotatable bonds is 6. The van der Waals surface area contributed by atoms with E-state index in [1.165, 1.54) is 0 Å². The number of halogens is 1. The van der Waals surface area contributed by atoms with Crippen LogP contribution >= 0.6 is 11.6 Å². The second-order valence-corrected chi connectivity index (χ2v) is 6.41. The van der Waals surface area contributed by atoms with Gasteiger partial charge in [0.2, 0.25) is 5.91 Å². The SMILES string of the molecule is Cc1cc(NC(=O)[C@H](CC(C)C)NC(=O)c2cccc(Cl)c2)no1. The predicted molar refractivity (Wildman–Crippen MR) is 92.0 cm³/mol. The van der Waals surface area contributed by atoms with Gasteiger partial charge < -0.3 is 15.2 Å². The molecular weight excluding hydrogens is 330 g/mol. The fraction of sp³-hybridized carbons (Fsp3) is 0.353. The zero-order valence-electron chi connectivity index (χ0n) is 13.8. The molecule has 0 radical (unpaired) electrons. The molecule has 1 aromatic carbocycles. The molecule has 0 aliphatic rings. The van der Waals surface area contributed by atoms with Crippen molar-refractivity contribution in [3.63, 3.8) is 0 Å². The molecule has 0 bridgehead atoms. The molecule has 2 rings (SSSR count). The molecule has 0 spiro atoms. The van der Waals surface area contributed by atoms with Gasteiger partial charge in [0.15, 0.2) is 5.82 Å². The van der Waals surface area contributed by atoms with Gasteiger partial charge >= 0.3 is 0 Å². The molecule has 7 heteroatoms. The molecule has 0 unspecified atom stereocenters. The summed E-state index contributed by atoms with van der Waals surface area (Å²) >= 11 is 5.90. The van der Waals surface area contributed by atoms with Crippen LogP contribution < -0.4 is 10.6 Å². The number of nitrogens with zero attached hydrogens (tertiary/aromatic N) is 1. The van der Waals surface area contributed by atoms with Gasteiger partial charge in [-0.1, -0.05) is 36.7 Å². The highest BCUT2D eigenvalue weighted by Crippen LogP contribution is 2.13. The fourth-order valence-corrected chi connectivity index (χ4v) is 2.40. The van der Waals surface area contributed by atoms with Gasteiger partial charge in [-0.15, -0.1) is 0 Å². The molecule has 128 valence electrons. The second-order valence-electron chi connectivity index (χ2n) is 5.98. The first-order chi connectivity index (χ1) is 11.3. The molecule has 24 heavy (non-hydrogen) atoms. The van der Waals surface area contributed by atoms with Crippen molar-refractivity contribution in [1.29, 1.82) is 0 Å². The first-order valence-corrected chi connectivity index (χ1v) is 8.03. The topological polar surface area (TPSA) is 84.2 Å². The summed E-state index contributed by atoms with van der Waals surface area (Å²) in [6.07, 6.45) is 0.495. The molecule has 2 amide bonds. The van der Waals surface area contributed by atoms with Crippen LogP contribution in [0.4, 0.5) is 5.82 Å². The number of amides is 2. The number of aromatic nitrogens is 1. The van der Waals surface area contributed by atoms with Crippen molar-refractivity contribution in [2.45, 2.75) is 33.2 Å². The maximum atomic E-state index is 12.5. The number of aryl methyl sites for hydroxylation is 1. The lowest BCUT2D eigenvalue weighted by Crippen LogP contribution is -2.44. The van der Waals surface area contributed by atoms with Crippen LogP contribution in [0, 0.1) is 12.8 Å². The van der Waals surface area contributed by atoms with Crippen molar-refractivity contribution in [1.82, 2.24) is 10.5 Å². The van der Waals surface area contributed by atoms with Gasteiger partial charge in [-0.3, -0.25) is 9.59 Å². The molecule has 0 aliphatic heterocycles. The molecule has 0 saturated carbocycles. The van der Waals surface area contributed by atoms with E-state index in [-0.39, 0.29) is 17.7 Å². The van der Waals surface area contributed by atoms with Crippen LogP contribution in [-0.2, 0) is 4.79 Å². The summed E-state index contributed by atoms with van der Waals surface area (Å²) in [6, 6.07) is 7.50. The van der Waals surface area contributed by atoms with E-state index in [1.54, 1.807) is 37.3 Å². The van der Waals surface area contributed by atoms with Crippen LogP contribution in [0.5, 0.6) is 0 Å². The number of hydrogen-bond acceptors (Lipinski definition) is 4. The van der Waals surface area contributed by atoms with E-state index in [1.807, 2.05) is 13.8 Å². The number of carbonyl (C=O) groups excluding carboxylic acids is 2.